The molecule has 2 nitrogen and oxygen atoms in total. The molecule has 18 heavy (non-hydrogen) atoms. The van der Waals surface area contributed by atoms with Crippen molar-refractivity contribution in [1.82, 2.24) is 0 Å². The molecule has 1 aromatic carbocycles. The van der Waals surface area contributed by atoms with Crippen LogP contribution >= 0.6 is 0 Å². The molecule has 1 rings (SSSR count). The molecule has 1 aromatic rings. The van der Waals surface area contributed by atoms with Crippen molar-refractivity contribution in [3.63, 3.8) is 0 Å². The molecular formula is C13H18F3NO. The first-order valence-corrected chi connectivity index (χ1v) is 5.62. The predicted octanol–water partition coefficient (Wildman–Crippen LogP) is 4.17. The van der Waals surface area contributed by atoms with E-state index < -0.39 is 11.7 Å². The van der Waals surface area contributed by atoms with Crippen molar-refractivity contribution in [1.29, 1.82) is 0 Å². The third kappa shape index (κ3) is 4.13. The van der Waals surface area contributed by atoms with Gasteiger partial charge < -0.3 is 10.1 Å². The van der Waals surface area contributed by atoms with Gasteiger partial charge in [-0.1, -0.05) is 20.8 Å². The molecule has 0 fully saturated rings. The summed E-state index contributed by atoms with van der Waals surface area (Å²) >= 11 is 0. The summed E-state index contributed by atoms with van der Waals surface area (Å²) in [4.78, 5) is 0. The second-order valence-electron chi connectivity index (χ2n) is 5.33. The Kier molecular flexibility index (Phi) is 4.14. The fourth-order valence-electron chi connectivity index (χ4n) is 1.41. The predicted molar refractivity (Wildman–Crippen MR) is 65.9 cm³/mol. The molecule has 0 aliphatic rings. The molecule has 0 unspecified atom stereocenters. The maximum Gasteiger partial charge on any atom is 0.420 e. The van der Waals surface area contributed by atoms with Crippen LogP contribution in [0.3, 0.4) is 0 Å². The molecule has 0 saturated carbocycles. The second kappa shape index (κ2) is 5.08. The smallest absolute Gasteiger partial charge is 0.420 e. The fourth-order valence-corrected chi connectivity index (χ4v) is 1.41. The van der Waals surface area contributed by atoms with E-state index >= 15 is 0 Å². The molecule has 0 aliphatic carbocycles. The Morgan fingerprint density at radius 3 is 2.22 bits per heavy atom. The van der Waals surface area contributed by atoms with Crippen molar-refractivity contribution in [3.8, 4) is 5.75 Å². The first-order chi connectivity index (χ1) is 8.13. The van der Waals surface area contributed by atoms with E-state index in [-0.39, 0.29) is 11.2 Å². The summed E-state index contributed by atoms with van der Waals surface area (Å²) in [5.41, 5.74) is -0.319. The van der Waals surface area contributed by atoms with Gasteiger partial charge in [-0.05, 0) is 23.6 Å². The summed E-state index contributed by atoms with van der Waals surface area (Å²) in [7, 11) is 1.23. The number of rotatable bonds is 3. The molecule has 0 atom stereocenters. The first-order valence-electron chi connectivity index (χ1n) is 5.62. The molecule has 102 valence electrons. The lowest BCUT2D eigenvalue weighted by molar-refractivity contribution is -0.138. The summed E-state index contributed by atoms with van der Waals surface area (Å²) < 4.78 is 43.1. The largest absolute Gasteiger partial charge is 0.496 e. The summed E-state index contributed by atoms with van der Waals surface area (Å²) in [5.74, 6) is -0.163. The molecule has 0 aromatic heterocycles. The van der Waals surface area contributed by atoms with E-state index in [4.69, 9.17) is 4.74 Å². The zero-order valence-electron chi connectivity index (χ0n) is 11.0. The molecule has 1 N–H and O–H groups in total. The third-order valence-corrected chi connectivity index (χ3v) is 2.33. The minimum atomic E-state index is -4.41. The maximum atomic E-state index is 12.8. The highest BCUT2D eigenvalue weighted by molar-refractivity contribution is 5.52. The van der Waals surface area contributed by atoms with Crippen LogP contribution in [0.1, 0.15) is 26.3 Å². The van der Waals surface area contributed by atoms with Gasteiger partial charge in [0, 0.05) is 12.2 Å². The quantitative estimate of drug-likeness (QED) is 0.881. The van der Waals surface area contributed by atoms with Crippen molar-refractivity contribution in [2.24, 2.45) is 5.41 Å². The number of benzene rings is 1. The van der Waals surface area contributed by atoms with Crippen LogP contribution in [0, 0.1) is 5.41 Å². The zero-order valence-corrected chi connectivity index (χ0v) is 11.0. The number of hydrogen-bond donors (Lipinski definition) is 1. The Hall–Kier alpha value is -1.39. The summed E-state index contributed by atoms with van der Waals surface area (Å²) in [6, 6.07) is 3.98. The number of ether oxygens (including phenoxy) is 1. The van der Waals surface area contributed by atoms with Gasteiger partial charge in [-0.3, -0.25) is 0 Å². The van der Waals surface area contributed by atoms with Crippen LogP contribution in [0.5, 0.6) is 5.75 Å². The average Bonchev–Trinajstić information content (AvgIpc) is 2.24. The van der Waals surface area contributed by atoms with E-state index in [1.807, 2.05) is 20.8 Å². The van der Waals surface area contributed by atoms with E-state index in [0.29, 0.717) is 12.2 Å². The summed E-state index contributed by atoms with van der Waals surface area (Å²) in [6.45, 7) is 6.62. The number of methoxy groups -OCH3 is 1. The van der Waals surface area contributed by atoms with Gasteiger partial charge in [0.1, 0.15) is 5.75 Å². The van der Waals surface area contributed by atoms with Crippen LogP contribution < -0.4 is 10.1 Å². The van der Waals surface area contributed by atoms with Gasteiger partial charge in [0.05, 0.1) is 12.7 Å². The molecular weight excluding hydrogens is 243 g/mol. The Morgan fingerprint density at radius 2 is 1.78 bits per heavy atom. The molecule has 0 aliphatic heterocycles. The zero-order chi connectivity index (χ0) is 14.0. The van der Waals surface area contributed by atoms with Gasteiger partial charge >= 0.3 is 6.18 Å². The lowest BCUT2D eigenvalue weighted by atomic mass is 9.97. The van der Waals surface area contributed by atoms with Crippen LogP contribution in [0.4, 0.5) is 18.9 Å². The van der Waals surface area contributed by atoms with Gasteiger partial charge in [-0.2, -0.15) is 13.2 Å². The van der Waals surface area contributed by atoms with Crippen LogP contribution in [0.15, 0.2) is 18.2 Å². The molecule has 0 radical (unpaired) electrons. The Labute approximate surface area is 105 Å². The van der Waals surface area contributed by atoms with Crippen LogP contribution in [0.2, 0.25) is 0 Å². The molecule has 0 bridgehead atoms. The maximum absolute atomic E-state index is 12.8. The number of nitrogens with one attached hydrogen (secondary N) is 1. The van der Waals surface area contributed by atoms with Gasteiger partial charge in [0.25, 0.3) is 0 Å². The summed E-state index contributed by atoms with van der Waals surface area (Å²) in [6.07, 6.45) is -4.41. The minimum absolute atomic E-state index is 0.00166. The molecule has 0 heterocycles. The third-order valence-electron chi connectivity index (χ3n) is 2.33. The first kappa shape index (κ1) is 14.7. The second-order valence-corrected chi connectivity index (χ2v) is 5.33. The monoisotopic (exact) mass is 261 g/mol. The Bertz CT molecular complexity index is 408. The highest BCUT2D eigenvalue weighted by atomic mass is 19.4. The van der Waals surface area contributed by atoms with E-state index in [0.717, 1.165) is 6.07 Å². The highest BCUT2D eigenvalue weighted by Crippen LogP contribution is 2.37. The molecule has 0 saturated heterocycles. The van der Waals surface area contributed by atoms with Crippen molar-refractivity contribution in [2.45, 2.75) is 26.9 Å². The van der Waals surface area contributed by atoms with E-state index in [1.165, 1.54) is 13.2 Å². The van der Waals surface area contributed by atoms with Gasteiger partial charge in [0.15, 0.2) is 0 Å². The van der Waals surface area contributed by atoms with E-state index in [9.17, 15) is 13.2 Å². The minimum Gasteiger partial charge on any atom is -0.496 e. The Morgan fingerprint density at radius 1 is 1.17 bits per heavy atom. The van der Waals surface area contributed by atoms with Crippen molar-refractivity contribution in [3.05, 3.63) is 23.8 Å². The molecule has 0 spiro atoms. The van der Waals surface area contributed by atoms with Gasteiger partial charge in [-0.15, -0.1) is 0 Å². The van der Waals surface area contributed by atoms with Crippen molar-refractivity contribution < 1.29 is 17.9 Å². The standard InChI is InChI=1S/C13H18F3NO/c1-12(2,3)8-17-9-5-6-11(18-4)10(7-9)13(14,15)16/h5-7,17H,8H2,1-4H3. The number of hydrogen-bond acceptors (Lipinski definition) is 2. The topological polar surface area (TPSA) is 21.3 Å². The van der Waals surface area contributed by atoms with Crippen molar-refractivity contribution in [2.75, 3.05) is 19.0 Å². The number of halogens is 3. The molecule has 5 heteroatoms. The van der Waals surface area contributed by atoms with Crippen LogP contribution in [-0.2, 0) is 6.18 Å². The number of alkyl halides is 3. The molecule has 0 amide bonds. The highest BCUT2D eigenvalue weighted by Gasteiger charge is 2.34. The SMILES string of the molecule is COc1ccc(NCC(C)(C)C)cc1C(F)(F)F. The van der Waals surface area contributed by atoms with Crippen LogP contribution in [0.25, 0.3) is 0 Å². The normalized spacial score (nSPS) is 12.4. The lowest BCUT2D eigenvalue weighted by Crippen LogP contribution is -2.19. The van der Waals surface area contributed by atoms with Crippen molar-refractivity contribution >= 4 is 5.69 Å². The van der Waals surface area contributed by atoms with E-state index in [2.05, 4.69) is 5.32 Å². The fraction of sp³-hybridized carbons (Fsp3) is 0.538. The summed E-state index contributed by atoms with van der Waals surface area (Å²) in [5, 5.41) is 2.99. The Balaban J connectivity index is 2.97. The lowest BCUT2D eigenvalue weighted by Gasteiger charge is -2.20. The average molecular weight is 261 g/mol. The van der Waals surface area contributed by atoms with Crippen LogP contribution in [-0.4, -0.2) is 13.7 Å². The van der Waals surface area contributed by atoms with E-state index in [1.54, 1.807) is 6.07 Å². The number of anilines is 1. The van der Waals surface area contributed by atoms with Gasteiger partial charge in [-0.25, -0.2) is 0 Å². The van der Waals surface area contributed by atoms with Gasteiger partial charge in [0.2, 0.25) is 0 Å².